The zero-order valence-electron chi connectivity index (χ0n) is 16.7. The molecular weight excluding hydrogens is 369 g/mol. The molecule has 1 N–H and O–H groups in total. The van der Waals surface area contributed by atoms with E-state index in [1.54, 1.807) is 16.8 Å². The molecule has 1 amide bonds. The van der Waals surface area contributed by atoms with Crippen molar-refractivity contribution < 1.29 is 13.9 Å². The van der Waals surface area contributed by atoms with E-state index in [0.29, 0.717) is 23.7 Å². The number of aryl methyl sites for hydroxylation is 1. The van der Waals surface area contributed by atoms with Crippen molar-refractivity contribution in [1.82, 2.24) is 9.78 Å². The fourth-order valence-corrected chi connectivity index (χ4v) is 3.66. The van der Waals surface area contributed by atoms with Crippen LogP contribution in [0, 0.1) is 12.7 Å². The van der Waals surface area contributed by atoms with Gasteiger partial charge in [0.2, 0.25) is 0 Å². The number of fused-ring (bicyclic) bond motifs is 1. The number of hydrogen-bond donors (Lipinski definition) is 1. The van der Waals surface area contributed by atoms with Gasteiger partial charge in [-0.05, 0) is 74.6 Å². The van der Waals surface area contributed by atoms with E-state index in [4.69, 9.17) is 4.74 Å². The summed E-state index contributed by atoms with van der Waals surface area (Å²) >= 11 is 0. The van der Waals surface area contributed by atoms with Crippen LogP contribution in [-0.2, 0) is 12.8 Å². The van der Waals surface area contributed by atoms with Gasteiger partial charge in [-0.15, -0.1) is 0 Å². The number of aromatic nitrogens is 2. The lowest BCUT2D eigenvalue weighted by Crippen LogP contribution is -2.16. The molecule has 4 rings (SSSR count). The first kappa shape index (κ1) is 19.2. The Balaban J connectivity index is 1.65. The van der Waals surface area contributed by atoms with Crippen LogP contribution in [0.15, 0.2) is 42.5 Å². The number of nitrogens with zero attached hydrogens (tertiary/aromatic N) is 2. The van der Waals surface area contributed by atoms with Gasteiger partial charge < -0.3 is 10.1 Å². The van der Waals surface area contributed by atoms with Gasteiger partial charge in [-0.2, -0.15) is 5.10 Å². The second-order valence-electron chi connectivity index (χ2n) is 7.32. The molecule has 6 heteroatoms. The fraction of sp³-hybridized carbons (Fsp3) is 0.304. The first-order valence-electron chi connectivity index (χ1n) is 9.98. The monoisotopic (exact) mass is 393 g/mol. The lowest BCUT2D eigenvalue weighted by Gasteiger charge is -2.12. The lowest BCUT2D eigenvalue weighted by molar-refractivity contribution is 0.102. The van der Waals surface area contributed by atoms with Gasteiger partial charge in [0.15, 0.2) is 5.69 Å². The molecule has 1 aliphatic carbocycles. The van der Waals surface area contributed by atoms with Crippen LogP contribution in [-0.4, -0.2) is 22.3 Å². The van der Waals surface area contributed by atoms with Crippen molar-refractivity contribution in [2.45, 2.75) is 39.5 Å². The number of nitrogens with one attached hydrogen (secondary N) is 1. The molecule has 0 spiro atoms. The average Bonchev–Trinajstić information content (AvgIpc) is 3.31. The summed E-state index contributed by atoms with van der Waals surface area (Å²) < 4.78 is 20.9. The number of carbonyl (C=O) groups excluding carboxylic acids is 1. The zero-order chi connectivity index (χ0) is 20.4. The SMILES string of the molecule is CCCOc1cc(C)ccc1NC(=O)c1nn(-c2ccc(F)cc2)c2c1CCC2. The summed E-state index contributed by atoms with van der Waals surface area (Å²) in [6.45, 7) is 4.61. The number of amides is 1. The number of anilines is 1. The van der Waals surface area contributed by atoms with Crippen LogP contribution in [0.25, 0.3) is 5.69 Å². The molecule has 1 aromatic heterocycles. The predicted octanol–water partition coefficient (Wildman–Crippen LogP) is 4.85. The molecule has 1 heterocycles. The second kappa shape index (κ2) is 8.07. The van der Waals surface area contributed by atoms with E-state index in [2.05, 4.69) is 10.4 Å². The van der Waals surface area contributed by atoms with Crippen LogP contribution in [0.5, 0.6) is 5.75 Å². The third kappa shape index (κ3) is 3.88. The Kier molecular flexibility index (Phi) is 5.34. The summed E-state index contributed by atoms with van der Waals surface area (Å²) in [5.41, 5.74) is 4.87. The summed E-state index contributed by atoms with van der Waals surface area (Å²) in [7, 11) is 0. The van der Waals surface area contributed by atoms with Crippen LogP contribution < -0.4 is 10.1 Å². The van der Waals surface area contributed by atoms with Gasteiger partial charge in [-0.25, -0.2) is 9.07 Å². The number of ether oxygens (including phenoxy) is 1. The quantitative estimate of drug-likeness (QED) is 0.651. The number of benzene rings is 2. The summed E-state index contributed by atoms with van der Waals surface area (Å²) in [4.78, 5) is 13.1. The van der Waals surface area contributed by atoms with Crippen molar-refractivity contribution in [2.24, 2.45) is 0 Å². The summed E-state index contributed by atoms with van der Waals surface area (Å²) in [6.07, 6.45) is 3.52. The molecule has 0 aliphatic heterocycles. The van der Waals surface area contributed by atoms with Crippen molar-refractivity contribution in [3.63, 3.8) is 0 Å². The highest BCUT2D eigenvalue weighted by molar-refractivity contribution is 6.05. The zero-order valence-corrected chi connectivity index (χ0v) is 16.7. The molecule has 0 bridgehead atoms. The Bertz CT molecular complexity index is 1040. The first-order valence-corrected chi connectivity index (χ1v) is 9.98. The summed E-state index contributed by atoms with van der Waals surface area (Å²) in [5.74, 6) is 0.110. The highest BCUT2D eigenvalue weighted by Gasteiger charge is 2.27. The Morgan fingerprint density at radius 1 is 1.21 bits per heavy atom. The van der Waals surface area contributed by atoms with Gasteiger partial charge in [0, 0.05) is 11.3 Å². The van der Waals surface area contributed by atoms with E-state index in [9.17, 15) is 9.18 Å². The number of carbonyl (C=O) groups is 1. The number of rotatable bonds is 6. The van der Waals surface area contributed by atoms with Crippen LogP contribution in [0.4, 0.5) is 10.1 Å². The molecule has 1 aliphatic rings. The molecule has 150 valence electrons. The minimum absolute atomic E-state index is 0.255. The average molecular weight is 393 g/mol. The molecule has 5 nitrogen and oxygen atoms in total. The molecule has 0 saturated carbocycles. The molecule has 29 heavy (non-hydrogen) atoms. The van der Waals surface area contributed by atoms with Gasteiger partial charge in [0.1, 0.15) is 11.6 Å². The number of hydrogen-bond acceptors (Lipinski definition) is 3. The predicted molar refractivity (Wildman–Crippen MR) is 110 cm³/mol. The van der Waals surface area contributed by atoms with Crippen LogP contribution in [0.1, 0.15) is 47.1 Å². The minimum Gasteiger partial charge on any atom is -0.491 e. The molecule has 2 aromatic carbocycles. The maximum atomic E-state index is 13.3. The lowest BCUT2D eigenvalue weighted by atomic mass is 10.1. The molecule has 0 atom stereocenters. The van der Waals surface area contributed by atoms with Crippen molar-refractivity contribution >= 4 is 11.6 Å². The van der Waals surface area contributed by atoms with Crippen molar-refractivity contribution in [1.29, 1.82) is 0 Å². The van der Waals surface area contributed by atoms with E-state index >= 15 is 0 Å². The standard InChI is InChI=1S/C23H24FN3O2/c1-3-13-29-21-14-15(2)7-12-19(21)25-23(28)22-18-5-4-6-20(18)27(26-22)17-10-8-16(24)9-11-17/h7-12,14H,3-6,13H2,1-2H3,(H,25,28). The highest BCUT2D eigenvalue weighted by Crippen LogP contribution is 2.30. The first-order chi connectivity index (χ1) is 14.1. The van der Waals surface area contributed by atoms with Gasteiger partial charge in [-0.1, -0.05) is 13.0 Å². The van der Waals surface area contributed by atoms with Crippen LogP contribution in [0.2, 0.25) is 0 Å². The van der Waals surface area contributed by atoms with E-state index in [0.717, 1.165) is 48.2 Å². The van der Waals surface area contributed by atoms with E-state index in [1.165, 1.54) is 12.1 Å². The van der Waals surface area contributed by atoms with Gasteiger partial charge in [0.25, 0.3) is 5.91 Å². The van der Waals surface area contributed by atoms with Gasteiger partial charge >= 0.3 is 0 Å². The fourth-order valence-electron chi connectivity index (χ4n) is 3.66. The van der Waals surface area contributed by atoms with Gasteiger partial charge in [0.05, 0.1) is 18.0 Å². The molecule has 0 saturated heterocycles. The topological polar surface area (TPSA) is 56.1 Å². The molecular formula is C23H24FN3O2. The maximum absolute atomic E-state index is 13.3. The summed E-state index contributed by atoms with van der Waals surface area (Å²) in [6, 6.07) is 11.9. The van der Waals surface area contributed by atoms with E-state index in [-0.39, 0.29) is 11.7 Å². The van der Waals surface area contributed by atoms with Crippen molar-refractivity contribution in [3.8, 4) is 11.4 Å². The molecule has 3 aromatic rings. The van der Waals surface area contributed by atoms with Gasteiger partial charge in [-0.3, -0.25) is 4.79 Å². The van der Waals surface area contributed by atoms with E-state index < -0.39 is 0 Å². The van der Waals surface area contributed by atoms with E-state index in [1.807, 2.05) is 32.0 Å². The third-order valence-corrected chi connectivity index (χ3v) is 5.06. The third-order valence-electron chi connectivity index (χ3n) is 5.06. The Morgan fingerprint density at radius 2 is 2.00 bits per heavy atom. The van der Waals surface area contributed by atoms with Crippen molar-refractivity contribution in [2.75, 3.05) is 11.9 Å². The molecule has 0 fully saturated rings. The Morgan fingerprint density at radius 3 is 2.76 bits per heavy atom. The second-order valence-corrected chi connectivity index (χ2v) is 7.32. The highest BCUT2D eigenvalue weighted by atomic mass is 19.1. The summed E-state index contributed by atoms with van der Waals surface area (Å²) in [5, 5.41) is 7.55. The Labute approximate surface area is 169 Å². The molecule has 0 unspecified atom stereocenters. The smallest absolute Gasteiger partial charge is 0.276 e. The molecule has 0 radical (unpaired) electrons. The van der Waals surface area contributed by atoms with Crippen molar-refractivity contribution in [3.05, 3.63) is 70.8 Å². The van der Waals surface area contributed by atoms with Crippen LogP contribution in [0.3, 0.4) is 0 Å². The van der Waals surface area contributed by atoms with Crippen LogP contribution >= 0.6 is 0 Å². The minimum atomic E-state index is -0.297. The Hall–Kier alpha value is -3.15. The normalized spacial score (nSPS) is 12.7. The maximum Gasteiger partial charge on any atom is 0.276 e. The number of halogens is 1. The largest absolute Gasteiger partial charge is 0.491 e.